The molecular formula is C24H31ClFN5O. The van der Waals surface area contributed by atoms with Crippen molar-refractivity contribution in [2.75, 3.05) is 30.9 Å². The van der Waals surface area contributed by atoms with Crippen LogP contribution in [0.3, 0.4) is 0 Å². The molecule has 2 aliphatic rings. The molecule has 1 fully saturated rings. The summed E-state index contributed by atoms with van der Waals surface area (Å²) in [6, 6.07) is 4.39. The number of rotatable bonds is 6. The number of aryl methyl sites for hydroxylation is 1. The van der Waals surface area contributed by atoms with Gasteiger partial charge in [-0.3, -0.25) is 4.79 Å². The van der Waals surface area contributed by atoms with Crippen molar-refractivity contribution < 1.29 is 9.18 Å². The summed E-state index contributed by atoms with van der Waals surface area (Å²) in [4.78, 5) is 24.1. The van der Waals surface area contributed by atoms with Gasteiger partial charge in [-0.15, -0.1) is 0 Å². The molecule has 1 heterocycles. The van der Waals surface area contributed by atoms with Crippen molar-refractivity contribution in [3.8, 4) is 0 Å². The number of amides is 1. The highest BCUT2D eigenvalue weighted by Crippen LogP contribution is 2.30. The zero-order valence-electron chi connectivity index (χ0n) is 18.8. The largest absolute Gasteiger partial charge is 0.362 e. The first kappa shape index (κ1) is 22.8. The van der Waals surface area contributed by atoms with Crippen LogP contribution in [0.5, 0.6) is 0 Å². The van der Waals surface area contributed by atoms with Crippen LogP contribution in [0.15, 0.2) is 18.2 Å². The third kappa shape index (κ3) is 5.31. The van der Waals surface area contributed by atoms with Gasteiger partial charge in [0.05, 0.1) is 10.7 Å². The highest BCUT2D eigenvalue weighted by Gasteiger charge is 2.24. The number of aromatic nitrogens is 2. The minimum Gasteiger partial charge on any atom is -0.362 e. The van der Waals surface area contributed by atoms with Crippen LogP contribution in [0.1, 0.15) is 60.1 Å². The number of carbonyl (C=O) groups is 1. The second kappa shape index (κ2) is 10.0. The van der Waals surface area contributed by atoms with E-state index in [0.717, 1.165) is 50.3 Å². The molecule has 0 aliphatic heterocycles. The Morgan fingerprint density at radius 3 is 2.62 bits per heavy atom. The van der Waals surface area contributed by atoms with Gasteiger partial charge in [-0.1, -0.05) is 11.6 Å². The lowest BCUT2D eigenvalue weighted by Crippen LogP contribution is -2.34. The molecule has 172 valence electrons. The Labute approximate surface area is 194 Å². The topological polar surface area (TPSA) is 70.2 Å². The lowest BCUT2D eigenvalue weighted by atomic mass is 9.86. The average Bonchev–Trinajstić information content (AvgIpc) is 2.79. The van der Waals surface area contributed by atoms with E-state index in [-0.39, 0.29) is 10.9 Å². The Morgan fingerprint density at radius 2 is 1.91 bits per heavy atom. The van der Waals surface area contributed by atoms with E-state index in [0.29, 0.717) is 24.1 Å². The van der Waals surface area contributed by atoms with Gasteiger partial charge in [0.2, 0.25) is 5.95 Å². The number of anilines is 2. The maximum atomic E-state index is 13.3. The third-order valence-electron chi connectivity index (χ3n) is 6.50. The van der Waals surface area contributed by atoms with Crippen LogP contribution in [0.4, 0.5) is 16.2 Å². The van der Waals surface area contributed by atoms with Crippen molar-refractivity contribution in [1.29, 1.82) is 0 Å². The molecule has 1 saturated carbocycles. The molecule has 0 saturated heterocycles. The fraction of sp³-hybridized carbons (Fsp3) is 0.542. The lowest BCUT2D eigenvalue weighted by molar-refractivity contribution is 0.0943. The highest BCUT2D eigenvalue weighted by atomic mass is 35.5. The molecule has 2 aromatic rings. The predicted molar refractivity (Wildman–Crippen MR) is 126 cm³/mol. The van der Waals surface area contributed by atoms with Crippen molar-refractivity contribution in [1.82, 2.24) is 15.3 Å². The molecule has 1 aromatic carbocycles. The normalized spacial score (nSPS) is 20.4. The van der Waals surface area contributed by atoms with Crippen LogP contribution in [0.25, 0.3) is 0 Å². The van der Waals surface area contributed by atoms with E-state index in [1.807, 2.05) is 14.1 Å². The van der Waals surface area contributed by atoms with E-state index >= 15 is 0 Å². The van der Waals surface area contributed by atoms with Crippen LogP contribution >= 0.6 is 11.6 Å². The fourth-order valence-corrected chi connectivity index (χ4v) is 4.86. The molecule has 1 amide bonds. The van der Waals surface area contributed by atoms with Crippen molar-refractivity contribution in [2.24, 2.45) is 5.92 Å². The van der Waals surface area contributed by atoms with Crippen LogP contribution < -0.4 is 15.5 Å². The smallest absolute Gasteiger partial charge is 0.251 e. The number of nitrogens with one attached hydrogen (secondary N) is 2. The van der Waals surface area contributed by atoms with Crippen LogP contribution in [0.2, 0.25) is 5.02 Å². The highest BCUT2D eigenvalue weighted by molar-refractivity contribution is 6.31. The van der Waals surface area contributed by atoms with Gasteiger partial charge in [0.1, 0.15) is 11.6 Å². The molecule has 0 bridgehead atoms. The van der Waals surface area contributed by atoms with Gasteiger partial charge >= 0.3 is 0 Å². The third-order valence-corrected chi connectivity index (χ3v) is 6.79. The first-order chi connectivity index (χ1) is 15.4. The van der Waals surface area contributed by atoms with Gasteiger partial charge < -0.3 is 15.5 Å². The first-order valence-corrected chi connectivity index (χ1v) is 11.9. The summed E-state index contributed by atoms with van der Waals surface area (Å²) in [5, 5.41) is 6.49. The molecule has 0 unspecified atom stereocenters. The van der Waals surface area contributed by atoms with E-state index in [1.165, 1.54) is 42.3 Å². The quantitative estimate of drug-likeness (QED) is 0.659. The SMILES string of the molecule is CN(C)c1nc(N[C@H]2CC[C@@H](CNC(=O)c3ccc(F)c(Cl)c3)CC2)nc2c1CCCC2. The summed E-state index contributed by atoms with van der Waals surface area (Å²) < 4.78 is 13.3. The van der Waals surface area contributed by atoms with Crippen molar-refractivity contribution in [3.05, 3.63) is 45.9 Å². The maximum Gasteiger partial charge on any atom is 0.251 e. The number of fused-ring (bicyclic) bond motifs is 1. The van der Waals surface area contributed by atoms with Crippen molar-refractivity contribution >= 4 is 29.3 Å². The molecule has 1 aromatic heterocycles. The number of nitrogens with zero attached hydrogens (tertiary/aromatic N) is 3. The first-order valence-electron chi connectivity index (χ1n) is 11.5. The maximum absolute atomic E-state index is 13.3. The summed E-state index contributed by atoms with van der Waals surface area (Å²) in [7, 11) is 4.08. The monoisotopic (exact) mass is 459 g/mol. The number of hydrogen-bond acceptors (Lipinski definition) is 5. The zero-order valence-corrected chi connectivity index (χ0v) is 19.5. The minimum atomic E-state index is -0.519. The summed E-state index contributed by atoms with van der Waals surface area (Å²) in [6.45, 7) is 0.612. The van der Waals surface area contributed by atoms with Crippen LogP contribution in [-0.4, -0.2) is 42.6 Å². The van der Waals surface area contributed by atoms with E-state index in [9.17, 15) is 9.18 Å². The fourth-order valence-electron chi connectivity index (χ4n) is 4.68. The second-order valence-electron chi connectivity index (χ2n) is 9.10. The number of carbonyl (C=O) groups excluding carboxylic acids is 1. The van der Waals surface area contributed by atoms with E-state index in [1.54, 1.807) is 0 Å². The summed E-state index contributed by atoms with van der Waals surface area (Å²) in [6.07, 6.45) is 8.56. The van der Waals surface area contributed by atoms with Crippen molar-refractivity contribution in [2.45, 2.75) is 57.4 Å². The molecule has 0 radical (unpaired) electrons. The average molecular weight is 460 g/mol. The molecule has 2 N–H and O–H groups in total. The number of halogens is 2. The number of benzene rings is 1. The van der Waals surface area contributed by atoms with Gasteiger partial charge in [0.15, 0.2) is 0 Å². The molecular weight excluding hydrogens is 429 g/mol. The van der Waals surface area contributed by atoms with E-state index < -0.39 is 5.82 Å². The van der Waals surface area contributed by atoms with Crippen LogP contribution in [0, 0.1) is 11.7 Å². The predicted octanol–water partition coefficient (Wildman–Crippen LogP) is 4.61. The molecule has 0 atom stereocenters. The standard InChI is InChI=1S/C24H31ClFN5O/c1-31(2)22-18-5-3-4-6-21(18)29-24(30-22)28-17-10-7-15(8-11-17)14-27-23(32)16-9-12-20(26)19(25)13-16/h9,12-13,15,17H,3-8,10-11,14H2,1-2H3,(H,27,32)(H,28,29,30)/t15-,17+. The van der Waals surface area contributed by atoms with Gasteiger partial charge in [0.25, 0.3) is 5.91 Å². The zero-order chi connectivity index (χ0) is 22.7. The number of hydrogen-bond donors (Lipinski definition) is 2. The Hall–Kier alpha value is -2.41. The molecule has 32 heavy (non-hydrogen) atoms. The summed E-state index contributed by atoms with van der Waals surface area (Å²) >= 11 is 5.78. The lowest BCUT2D eigenvalue weighted by Gasteiger charge is -2.30. The van der Waals surface area contributed by atoms with Crippen molar-refractivity contribution in [3.63, 3.8) is 0 Å². The Bertz CT molecular complexity index is 975. The molecule has 4 rings (SSSR count). The Kier molecular flexibility index (Phi) is 7.13. The van der Waals surface area contributed by atoms with E-state index in [2.05, 4.69) is 15.5 Å². The van der Waals surface area contributed by atoms with E-state index in [4.69, 9.17) is 21.6 Å². The van der Waals surface area contributed by atoms with Gasteiger partial charge in [-0.25, -0.2) is 9.37 Å². The second-order valence-corrected chi connectivity index (χ2v) is 9.51. The molecule has 0 spiro atoms. The Balaban J connectivity index is 1.29. The van der Waals surface area contributed by atoms with Gasteiger partial charge in [0, 0.05) is 37.8 Å². The summed E-state index contributed by atoms with van der Waals surface area (Å²) in [5.41, 5.74) is 2.87. The molecule has 8 heteroatoms. The minimum absolute atomic E-state index is 0.0361. The Morgan fingerprint density at radius 1 is 1.16 bits per heavy atom. The van der Waals surface area contributed by atoms with Crippen LogP contribution in [-0.2, 0) is 12.8 Å². The van der Waals surface area contributed by atoms with Gasteiger partial charge in [-0.2, -0.15) is 4.98 Å². The molecule has 6 nitrogen and oxygen atoms in total. The van der Waals surface area contributed by atoms with Gasteiger partial charge in [-0.05, 0) is 75.5 Å². The molecule has 2 aliphatic carbocycles. The summed E-state index contributed by atoms with van der Waals surface area (Å²) in [5.74, 6) is 1.46.